The zero-order valence-corrected chi connectivity index (χ0v) is 10.8. The van der Waals surface area contributed by atoms with Gasteiger partial charge in [0.15, 0.2) is 5.82 Å². The van der Waals surface area contributed by atoms with Crippen LogP contribution in [0.25, 0.3) is 0 Å². The van der Waals surface area contributed by atoms with Crippen LogP contribution in [0.3, 0.4) is 0 Å². The smallest absolute Gasteiger partial charge is 0.238 e. The molecule has 0 saturated heterocycles. The number of aryl methyl sites for hydroxylation is 1. The summed E-state index contributed by atoms with van der Waals surface area (Å²) >= 11 is 1.49. The highest BCUT2D eigenvalue weighted by Gasteiger charge is 2.12. The Hall–Kier alpha value is -1.48. The van der Waals surface area contributed by atoms with Crippen molar-refractivity contribution in [2.75, 3.05) is 11.6 Å². The van der Waals surface area contributed by atoms with E-state index >= 15 is 0 Å². The summed E-state index contributed by atoms with van der Waals surface area (Å²) in [5, 5.41) is 15.3. The van der Waals surface area contributed by atoms with Crippen LogP contribution in [0.2, 0.25) is 0 Å². The van der Waals surface area contributed by atoms with Gasteiger partial charge in [0, 0.05) is 25.2 Å². The van der Waals surface area contributed by atoms with Gasteiger partial charge in [-0.3, -0.25) is 9.48 Å². The molecule has 1 aromatic heterocycles. The Balaban J connectivity index is 2.46. The molecule has 0 aliphatic rings. The molecule has 1 atom stereocenters. The van der Waals surface area contributed by atoms with E-state index in [4.69, 9.17) is 5.26 Å². The van der Waals surface area contributed by atoms with Gasteiger partial charge in [-0.25, -0.2) is 0 Å². The monoisotopic (exact) mass is 252 g/mol. The van der Waals surface area contributed by atoms with Crippen molar-refractivity contribution in [3.8, 4) is 6.07 Å². The summed E-state index contributed by atoms with van der Waals surface area (Å²) in [7, 11) is 0. The van der Waals surface area contributed by atoms with E-state index in [1.807, 2.05) is 13.2 Å². The number of thioether (sulfide) groups is 1. The number of carbonyl (C=O) groups excluding carboxylic acids is 1. The van der Waals surface area contributed by atoms with E-state index < -0.39 is 0 Å². The van der Waals surface area contributed by atoms with Crippen molar-refractivity contribution in [3.05, 3.63) is 12.3 Å². The van der Waals surface area contributed by atoms with Crippen LogP contribution in [-0.2, 0) is 11.3 Å². The minimum Gasteiger partial charge on any atom is -0.308 e. The van der Waals surface area contributed by atoms with Gasteiger partial charge in [-0.2, -0.15) is 22.1 Å². The van der Waals surface area contributed by atoms with Crippen LogP contribution in [0.1, 0.15) is 19.8 Å². The molecular formula is C11H16N4OS. The molecule has 6 heteroatoms. The van der Waals surface area contributed by atoms with Gasteiger partial charge in [0.2, 0.25) is 5.91 Å². The highest BCUT2D eigenvalue weighted by Crippen LogP contribution is 2.09. The van der Waals surface area contributed by atoms with Gasteiger partial charge in [0.05, 0.1) is 11.3 Å². The number of hydrogen-bond acceptors (Lipinski definition) is 4. The van der Waals surface area contributed by atoms with Gasteiger partial charge >= 0.3 is 0 Å². The summed E-state index contributed by atoms with van der Waals surface area (Å²) < 4.78 is 1.73. The Morgan fingerprint density at radius 3 is 3.18 bits per heavy atom. The first-order chi connectivity index (χ1) is 8.17. The normalized spacial score (nSPS) is 11.8. The fourth-order valence-corrected chi connectivity index (χ4v) is 1.48. The van der Waals surface area contributed by atoms with Gasteiger partial charge < -0.3 is 5.32 Å². The molecule has 1 heterocycles. The molecule has 1 N–H and O–H groups in total. The Labute approximate surface area is 105 Å². The number of aromatic nitrogens is 2. The quantitative estimate of drug-likeness (QED) is 0.785. The molecule has 0 radical (unpaired) electrons. The van der Waals surface area contributed by atoms with Crippen LogP contribution >= 0.6 is 11.8 Å². The zero-order valence-electron chi connectivity index (χ0n) is 10.0. The second-order valence-corrected chi connectivity index (χ2v) is 4.77. The van der Waals surface area contributed by atoms with Crippen LogP contribution in [0, 0.1) is 11.3 Å². The Kier molecular flexibility index (Phi) is 5.57. The van der Waals surface area contributed by atoms with Crippen molar-refractivity contribution >= 4 is 23.5 Å². The maximum Gasteiger partial charge on any atom is 0.238 e. The summed E-state index contributed by atoms with van der Waals surface area (Å²) in [6.45, 7) is 2.55. The number of hydrogen-bond donors (Lipinski definition) is 1. The van der Waals surface area contributed by atoms with Gasteiger partial charge in [0.25, 0.3) is 0 Å². The fourth-order valence-electron chi connectivity index (χ4n) is 1.21. The third-order valence-corrected chi connectivity index (χ3v) is 3.21. The number of carbonyl (C=O) groups is 1. The van der Waals surface area contributed by atoms with Crippen molar-refractivity contribution in [2.45, 2.75) is 31.6 Å². The molecule has 17 heavy (non-hydrogen) atoms. The Bertz CT molecular complexity index is 410. The number of nitriles is 1. The molecule has 0 aromatic carbocycles. The van der Waals surface area contributed by atoms with Crippen LogP contribution in [0.15, 0.2) is 12.3 Å². The Morgan fingerprint density at radius 2 is 2.53 bits per heavy atom. The van der Waals surface area contributed by atoms with Crippen LogP contribution < -0.4 is 5.32 Å². The van der Waals surface area contributed by atoms with Gasteiger partial charge in [-0.05, 0) is 19.6 Å². The van der Waals surface area contributed by atoms with E-state index in [1.165, 1.54) is 11.8 Å². The highest BCUT2D eigenvalue weighted by atomic mass is 32.2. The number of rotatable bonds is 6. The van der Waals surface area contributed by atoms with E-state index in [2.05, 4.69) is 16.5 Å². The SMILES string of the molecule is CS[C@H](C)C(=O)Nc1ccn(CCCC#N)n1. The fraction of sp³-hybridized carbons (Fsp3) is 0.545. The molecule has 1 amide bonds. The number of amides is 1. The molecule has 0 bridgehead atoms. The van der Waals surface area contributed by atoms with Crippen LogP contribution in [0.5, 0.6) is 0 Å². The molecule has 0 unspecified atom stereocenters. The zero-order chi connectivity index (χ0) is 12.7. The lowest BCUT2D eigenvalue weighted by Gasteiger charge is -2.06. The summed E-state index contributed by atoms with van der Waals surface area (Å²) in [6, 6.07) is 3.85. The summed E-state index contributed by atoms with van der Waals surface area (Å²) in [5.41, 5.74) is 0. The van der Waals surface area contributed by atoms with E-state index in [0.717, 1.165) is 6.42 Å². The molecule has 1 rings (SSSR count). The predicted molar refractivity (Wildman–Crippen MR) is 68.7 cm³/mol. The standard InChI is InChI=1S/C11H16N4OS/c1-9(17-2)11(16)13-10-5-8-15(14-10)7-4-3-6-12/h5,8-9H,3-4,7H2,1-2H3,(H,13,14,16)/t9-/m1/s1. The van der Waals surface area contributed by atoms with Crippen molar-refractivity contribution in [1.82, 2.24) is 9.78 Å². The first kappa shape index (κ1) is 13.6. The summed E-state index contributed by atoms with van der Waals surface area (Å²) in [4.78, 5) is 11.6. The second kappa shape index (κ2) is 6.97. The maximum absolute atomic E-state index is 11.6. The third-order valence-electron chi connectivity index (χ3n) is 2.29. The summed E-state index contributed by atoms with van der Waals surface area (Å²) in [6.07, 6.45) is 4.99. The minimum atomic E-state index is -0.0845. The molecule has 0 fully saturated rings. The average molecular weight is 252 g/mol. The van der Waals surface area contributed by atoms with Crippen molar-refractivity contribution in [2.24, 2.45) is 0 Å². The van der Waals surface area contributed by atoms with E-state index in [0.29, 0.717) is 18.8 Å². The minimum absolute atomic E-state index is 0.0419. The van der Waals surface area contributed by atoms with Gasteiger partial charge in [0.1, 0.15) is 0 Å². The maximum atomic E-state index is 11.6. The molecule has 0 aliphatic carbocycles. The first-order valence-corrected chi connectivity index (χ1v) is 6.70. The highest BCUT2D eigenvalue weighted by molar-refractivity contribution is 7.99. The Morgan fingerprint density at radius 1 is 1.76 bits per heavy atom. The van der Waals surface area contributed by atoms with Gasteiger partial charge in [-0.15, -0.1) is 0 Å². The van der Waals surface area contributed by atoms with E-state index in [-0.39, 0.29) is 11.2 Å². The topological polar surface area (TPSA) is 70.7 Å². The third kappa shape index (κ3) is 4.49. The average Bonchev–Trinajstić information content (AvgIpc) is 2.76. The largest absolute Gasteiger partial charge is 0.308 e. The lowest BCUT2D eigenvalue weighted by atomic mass is 10.3. The van der Waals surface area contributed by atoms with Crippen molar-refractivity contribution in [1.29, 1.82) is 5.26 Å². The van der Waals surface area contributed by atoms with E-state index in [9.17, 15) is 4.79 Å². The lowest BCUT2D eigenvalue weighted by molar-refractivity contribution is -0.115. The number of unbranched alkanes of at least 4 members (excludes halogenated alkanes) is 1. The summed E-state index contributed by atoms with van der Waals surface area (Å²) in [5.74, 6) is 0.521. The van der Waals surface area contributed by atoms with E-state index in [1.54, 1.807) is 16.9 Å². The lowest BCUT2D eigenvalue weighted by Crippen LogP contribution is -2.22. The molecule has 5 nitrogen and oxygen atoms in total. The van der Waals surface area contributed by atoms with Crippen molar-refractivity contribution < 1.29 is 4.79 Å². The first-order valence-electron chi connectivity index (χ1n) is 5.41. The van der Waals surface area contributed by atoms with Crippen LogP contribution in [0.4, 0.5) is 5.82 Å². The molecule has 0 spiro atoms. The molecule has 1 aromatic rings. The number of nitrogens with one attached hydrogen (secondary N) is 1. The molecule has 0 aliphatic heterocycles. The second-order valence-electron chi connectivity index (χ2n) is 3.59. The predicted octanol–water partition coefficient (Wildman–Crippen LogP) is 1.88. The van der Waals surface area contributed by atoms with Crippen molar-refractivity contribution in [3.63, 3.8) is 0 Å². The molecule has 92 valence electrons. The molecular weight excluding hydrogens is 236 g/mol. The van der Waals surface area contributed by atoms with Crippen LogP contribution in [-0.4, -0.2) is 27.2 Å². The number of anilines is 1. The van der Waals surface area contributed by atoms with Gasteiger partial charge in [-0.1, -0.05) is 0 Å². The molecule has 0 saturated carbocycles. The number of nitrogens with zero attached hydrogens (tertiary/aromatic N) is 3.